The molecule has 1 fully saturated rings. The number of ether oxygens (including phenoxy) is 1. The fourth-order valence-electron chi connectivity index (χ4n) is 2.33. The lowest BCUT2D eigenvalue weighted by atomic mass is 9.86. The lowest BCUT2D eigenvalue weighted by Crippen LogP contribution is -2.63. The number of carbonyl (C=O) groups excluding carboxylic acids is 3. The van der Waals surface area contributed by atoms with E-state index in [9.17, 15) is 14.4 Å². The number of hydrogen-bond donors (Lipinski definition) is 0. The van der Waals surface area contributed by atoms with E-state index in [0.29, 0.717) is 13.1 Å². The van der Waals surface area contributed by atoms with Crippen LogP contribution in [0.2, 0.25) is 0 Å². The van der Waals surface area contributed by atoms with Crippen LogP contribution < -0.4 is 0 Å². The van der Waals surface area contributed by atoms with Crippen molar-refractivity contribution in [2.75, 3.05) is 33.3 Å². The van der Waals surface area contributed by atoms with Crippen molar-refractivity contribution in [1.82, 2.24) is 9.80 Å². The van der Waals surface area contributed by atoms with Crippen LogP contribution in [0.25, 0.3) is 0 Å². The second-order valence-corrected chi connectivity index (χ2v) is 6.48. The number of amides is 1. The predicted molar refractivity (Wildman–Crippen MR) is 78.7 cm³/mol. The van der Waals surface area contributed by atoms with Crippen molar-refractivity contribution in [1.29, 1.82) is 0 Å². The molecular formula is C15H26N2O4. The third-order valence-corrected chi connectivity index (χ3v) is 4.18. The number of nitrogens with zero attached hydrogens (tertiary/aromatic N) is 2. The van der Waals surface area contributed by atoms with Gasteiger partial charge in [-0.3, -0.25) is 19.3 Å². The van der Waals surface area contributed by atoms with Crippen molar-refractivity contribution in [3.8, 4) is 0 Å². The molecule has 21 heavy (non-hydrogen) atoms. The molecule has 0 bridgehead atoms. The summed E-state index contributed by atoms with van der Waals surface area (Å²) >= 11 is 0. The van der Waals surface area contributed by atoms with Crippen molar-refractivity contribution < 1.29 is 19.1 Å². The van der Waals surface area contributed by atoms with Crippen LogP contribution in [0.15, 0.2) is 0 Å². The minimum atomic E-state index is -1.20. The average molecular weight is 298 g/mol. The Kier molecular flexibility index (Phi) is 5.15. The molecule has 1 rings (SSSR count). The van der Waals surface area contributed by atoms with Crippen molar-refractivity contribution in [3.63, 3.8) is 0 Å². The van der Waals surface area contributed by atoms with Gasteiger partial charge in [-0.25, -0.2) is 0 Å². The second-order valence-electron chi connectivity index (χ2n) is 6.48. The van der Waals surface area contributed by atoms with Gasteiger partial charge in [-0.2, -0.15) is 0 Å². The number of carbonyl (C=O) groups is 3. The number of ketones is 1. The molecule has 0 atom stereocenters. The van der Waals surface area contributed by atoms with Crippen LogP contribution in [-0.4, -0.2) is 66.3 Å². The van der Waals surface area contributed by atoms with Crippen LogP contribution in [0.3, 0.4) is 0 Å². The number of Topliss-reactive ketones (excluding diaryl/α,β-unsaturated/α-hetero) is 1. The Morgan fingerprint density at radius 2 is 1.86 bits per heavy atom. The van der Waals surface area contributed by atoms with E-state index in [4.69, 9.17) is 4.74 Å². The molecule has 6 nitrogen and oxygen atoms in total. The average Bonchev–Trinajstić information content (AvgIpc) is 2.40. The normalized spacial score (nSPS) is 19.5. The second kappa shape index (κ2) is 6.13. The molecule has 0 radical (unpaired) electrons. The molecule has 1 saturated heterocycles. The third kappa shape index (κ3) is 3.43. The van der Waals surface area contributed by atoms with Gasteiger partial charge in [-0.15, -0.1) is 0 Å². The van der Waals surface area contributed by atoms with Crippen LogP contribution >= 0.6 is 0 Å². The largest absolute Gasteiger partial charge is 0.465 e. The summed E-state index contributed by atoms with van der Waals surface area (Å²) in [6.45, 7) is 9.95. The molecule has 1 aliphatic rings. The maximum atomic E-state index is 12.5. The summed E-state index contributed by atoms with van der Waals surface area (Å²) in [4.78, 5) is 40.0. The van der Waals surface area contributed by atoms with Crippen LogP contribution in [0.1, 0.15) is 34.6 Å². The van der Waals surface area contributed by atoms with Gasteiger partial charge in [-0.05, 0) is 34.6 Å². The Morgan fingerprint density at radius 3 is 2.38 bits per heavy atom. The van der Waals surface area contributed by atoms with Crippen LogP contribution in [0.5, 0.6) is 0 Å². The van der Waals surface area contributed by atoms with E-state index < -0.39 is 16.9 Å². The fourth-order valence-corrected chi connectivity index (χ4v) is 2.33. The van der Waals surface area contributed by atoms with Gasteiger partial charge in [0.1, 0.15) is 5.41 Å². The molecule has 0 saturated carbocycles. The highest BCUT2D eigenvalue weighted by Gasteiger charge is 2.44. The van der Waals surface area contributed by atoms with E-state index in [2.05, 4.69) is 0 Å². The summed E-state index contributed by atoms with van der Waals surface area (Å²) < 4.78 is 4.95. The zero-order valence-electron chi connectivity index (χ0n) is 13.9. The van der Waals surface area contributed by atoms with Crippen LogP contribution in [-0.2, 0) is 19.1 Å². The predicted octanol–water partition coefficient (Wildman–Crippen LogP) is 0.697. The molecule has 0 aromatic heterocycles. The molecular weight excluding hydrogens is 272 g/mol. The summed E-state index contributed by atoms with van der Waals surface area (Å²) in [5, 5.41) is 0. The zero-order valence-corrected chi connectivity index (χ0v) is 13.9. The minimum Gasteiger partial charge on any atom is -0.465 e. The summed E-state index contributed by atoms with van der Waals surface area (Å²) in [6.07, 6.45) is 0. The third-order valence-electron chi connectivity index (χ3n) is 4.18. The van der Waals surface area contributed by atoms with E-state index in [1.54, 1.807) is 46.6 Å². The lowest BCUT2D eigenvalue weighted by Gasteiger charge is -2.45. The molecule has 0 unspecified atom stereocenters. The van der Waals surface area contributed by atoms with Gasteiger partial charge in [0.15, 0.2) is 5.78 Å². The Morgan fingerprint density at radius 1 is 1.29 bits per heavy atom. The smallest absolute Gasteiger partial charge is 0.319 e. The number of esters is 1. The number of piperazine rings is 1. The Bertz CT molecular complexity index is 443. The van der Waals surface area contributed by atoms with Crippen molar-refractivity contribution >= 4 is 17.7 Å². The first-order chi connectivity index (χ1) is 9.55. The standard InChI is InChI=1S/C15H26N2O4/c1-7-21-13(20)14(2,3)11(18)10-17-9-8-16(6)12(19)15(17,4)5/h7-10H2,1-6H3. The van der Waals surface area contributed by atoms with Gasteiger partial charge in [0.05, 0.1) is 18.7 Å². The summed E-state index contributed by atoms with van der Waals surface area (Å²) in [6, 6.07) is 0. The van der Waals surface area contributed by atoms with E-state index in [1.807, 2.05) is 4.90 Å². The van der Waals surface area contributed by atoms with Gasteiger partial charge in [0, 0.05) is 20.1 Å². The molecule has 0 aromatic rings. The van der Waals surface area contributed by atoms with E-state index in [0.717, 1.165) is 0 Å². The highest BCUT2D eigenvalue weighted by molar-refractivity contribution is 6.04. The fraction of sp³-hybridized carbons (Fsp3) is 0.800. The van der Waals surface area contributed by atoms with Crippen molar-refractivity contribution in [3.05, 3.63) is 0 Å². The van der Waals surface area contributed by atoms with Gasteiger partial charge in [-0.1, -0.05) is 0 Å². The first kappa shape index (κ1) is 17.6. The van der Waals surface area contributed by atoms with Gasteiger partial charge in [0.2, 0.25) is 5.91 Å². The topological polar surface area (TPSA) is 66.9 Å². The van der Waals surface area contributed by atoms with Gasteiger partial charge in [0.25, 0.3) is 0 Å². The van der Waals surface area contributed by atoms with E-state index in [1.165, 1.54) is 0 Å². The van der Waals surface area contributed by atoms with Gasteiger partial charge < -0.3 is 9.64 Å². The molecule has 1 amide bonds. The molecule has 120 valence electrons. The summed E-state index contributed by atoms with van der Waals surface area (Å²) in [7, 11) is 1.76. The highest BCUT2D eigenvalue weighted by atomic mass is 16.5. The molecule has 0 spiro atoms. The Labute approximate surface area is 126 Å². The highest BCUT2D eigenvalue weighted by Crippen LogP contribution is 2.25. The molecule has 0 N–H and O–H groups in total. The number of hydrogen-bond acceptors (Lipinski definition) is 5. The summed E-state index contributed by atoms with van der Waals surface area (Å²) in [5.74, 6) is -0.768. The van der Waals surface area contributed by atoms with Crippen LogP contribution in [0.4, 0.5) is 0 Å². The molecule has 0 aromatic carbocycles. The lowest BCUT2D eigenvalue weighted by molar-refractivity contribution is -0.159. The number of likely N-dealkylation sites (N-methyl/N-ethyl adjacent to an activating group) is 1. The molecule has 1 heterocycles. The summed E-state index contributed by atoms with van der Waals surface area (Å²) in [5.41, 5.74) is -1.94. The number of rotatable bonds is 5. The zero-order chi connectivity index (χ0) is 16.4. The van der Waals surface area contributed by atoms with Gasteiger partial charge >= 0.3 is 5.97 Å². The molecule has 1 aliphatic heterocycles. The quantitative estimate of drug-likeness (QED) is 0.552. The first-order valence-corrected chi connectivity index (χ1v) is 7.26. The van der Waals surface area contributed by atoms with Crippen LogP contribution in [0, 0.1) is 5.41 Å². The van der Waals surface area contributed by atoms with E-state index in [-0.39, 0.29) is 24.8 Å². The van der Waals surface area contributed by atoms with E-state index >= 15 is 0 Å². The molecule has 6 heteroatoms. The minimum absolute atomic E-state index is 0.0181. The maximum absolute atomic E-state index is 12.5. The Hall–Kier alpha value is -1.43. The maximum Gasteiger partial charge on any atom is 0.319 e. The van der Waals surface area contributed by atoms with Crippen molar-refractivity contribution in [2.45, 2.75) is 40.2 Å². The SMILES string of the molecule is CCOC(=O)C(C)(C)C(=O)CN1CCN(C)C(=O)C1(C)C. The first-order valence-electron chi connectivity index (χ1n) is 7.26. The molecule has 0 aliphatic carbocycles. The van der Waals surface area contributed by atoms with Crippen molar-refractivity contribution in [2.24, 2.45) is 5.41 Å². The monoisotopic (exact) mass is 298 g/mol. The Balaban J connectivity index is 2.83.